The molecule has 0 unspecified atom stereocenters. The second kappa shape index (κ2) is 6.09. The third-order valence-corrected chi connectivity index (χ3v) is 1.94. The quantitative estimate of drug-likeness (QED) is 0.630. The highest BCUT2D eigenvalue weighted by Gasteiger charge is 2.11. The maximum Gasteiger partial charge on any atom is 0.190 e. The van der Waals surface area contributed by atoms with Crippen molar-refractivity contribution in [2.75, 3.05) is 6.61 Å². The summed E-state index contributed by atoms with van der Waals surface area (Å²) in [6, 6.07) is 2.34. The molecule has 1 aromatic carbocycles. The van der Waals surface area contributed by atoms with Crippen LogP contribution < -0.4 is 10.5 Å². The minimum atomic E-state index is -0.732. The summed E-state index contributed by atoms with van der Waals surface area (Å²) in [6.07, 6.45) is 0.439. The molecule has 0 aliphatic heterocycles. The summed E-state index contributed by atoms with van der Waals surface area (Å²) in [5.41, 5.74) is 5.68. The predicted octanol–water partition coefficient (Wildman–Crippen LogP) is 2.22. The molecule has 0 aliphatic rings. The van der Waals surface area contributed by atoms with Crippen LogP contribution in [0.15, 0.2) is 12.1 Å². The normalized spacial score (nSPS) is 9.50. The lowest BCUT2D eigenvalue weighted by molar-refractivity contribution is 0.292. The zero-order chi connectivity index (χ0) is 12.0. The van der Waals surface area contributed by atoms with Gasteiger partial charge in [-0.3, -0.25) is 0 Å². The zero-order valence-electron chi connectivity index (χ0n) is 9.02. The summed E-state index contributed by atoms with van der Waals surface area (Å²) < 4.78 is 31.7. The molecule has 0 heterocycles. The molecule has 2 N–H and O–H groups in total. The van der Waals surface area contributed by atoms with Gasteiger partial charge in [-0.2, -0.15) is 0 Å². The molecule has 16 heavy (non-hydrogen) atoms. The molecule has 1 rings (SSSR count). The molecule has 0 saturated heterocycles. The highest BCUT2D eigenvalue weighted by atomic mass is 19.1. The van der Waals surface area contributed by atoms with Crippen LogP contribution in [0.4, 0.5) is 8.78 Å². The summed E-state index contributed by atoms with van der Waals surface area (Å²) in [5.74, 6) is 3.58. The fourth-order valence-electron chi connectivity index (χ4n) is 1.20. The number of benzene rings is 1. The van der Waals surface area contributed by atoms with Crippen LogP contribution in [0.2, 0.25) is 0 Å². The molecule has 0 bridgehead atoms. The molecular weight excluding hydrogens is 212 g/mol. The fraction of sp³-hybridized carbons (Fsp3) is 0.333. The Bertz CT molecular complexity index is 398. The Balaban J connectivity index is 2.75. The van der Waals surface area contributed by atoms with Gasteiger partial charge in [-0.15, -0.1) is 11.8 Å². The standard InChI is InChI=1S/C12H13F2NO/c1-2-3-4-5-16-12-10(13)6-9(8-15)7-11(12)14/h6-7H,4-5,8,15H2,1H3. The van der Waals surface area contributed by atoms with Crippen molar-refractivity contribution in [1.82, 2.24) is 0 Å². The van der Waals surface area contributed by atoms with Gasteiger partial charge in [0.1, 0.15) is 0 Å². The number of hydrogen-bond acceptors (Lipinski definition) is 2. The first kappa shape index (κ1) is 12.5. The van der Waals surface area contributed by atoms with Crippen molar-refractivity contribution < 1.29 is 13.5 Å². The second-order valence-corrected chi connectivity index (χ2v) is 3.12. The minimum Gasteiger partial charge on any atom is -0.487 e. The molecule has 2 nitrogen and oxygen atoms in total. The van der Waals surface area contributed by atoms with Gasteiger partial charge in [-0.1, -0.05) is 0 Å². The number of nitrogens with two attached hydrogens (primary N) is 1. The number of ether oxygens (including phenoxy) is 1. The van der Waals surface area contributed by atoms with Gasteiger partial charge in [-0.05, 0) is 24.6 Å². The van der Waals surface area contributed by atoms with Gasteiger partial charge in [0, 0.05) is 13.0 Å². The maximum atomic E-state index is 13.4. The van der Waals surface area contributed by atoms with E-state index in [1.165, 1.54) is 12.1 Å². The SMILES string of the molecule is CC#CCCOc1c(F)cc(CN)cc1F. The van der Waals surface area contributed by atoms with E-state index in [9.17, 15) is 8.78 Å². The van der Waals surface area contributed by atoms with E-state index in [-0.39, 0.29) is 18.9 Å². The molecular formula is C12H13F2NO. The fourth-order valence-corrected chi connectivity index (χ4v) is 1.20. The van der Waals surface area contributed by atoms with Crippen molar-refractivity contribution in [3.63, 3.8) is 0 Å². The molecule has 0 fully saturated rings. The predicted molar refractivity (Wildman–Crippen MR) is 57.8 cm³/mol. The molecule has 86 valence electrons. The average Bonchev–Trinajstić information content (AvgIpc) is 2.26. The van der Waals surface area contributed by atoms with Crippen molar-refractivity contribution in [3.8, 4) is 17.6 Å². The first-order chi connectivity index (χ1) is 7.69. The topological polar surface area (TPSA) is 35.2 Å². The lowest BCUT2D eigenvalue weighted by atomic mass is 10.2. The van der Waals surface area contributed by atoms with E-state index in [0.29, 0.717) is 12.0 Å². The van der Waals surface area contributed by atoms with Crippen molar-refractivity contribution in [2.45, 2.75) is 19.9 Å². The molecule has 0 spiro atoms. The van der Waals surface area contributed by atoms with Crippen LogP contribution in [0, 0.1) is 23.5 Å². The zero-order valence-corrected chi connectivity index (χ0v) is 9.02. The van der Waals surface area contributed by atoms with Crippen LogP contribution in [0.1, 0.15) is 18.9 Å². The van der Waals surface area contributed by atoms with E-state index in [1.54, 1.807) is 6.92 Å². The number of rotatable bonds is 4. The molecule has 0 radical (unpaired) electrons. The van der Waals surface area contributed by atoms with Crippen LogP contribution in [0.25, 0.3) is 0 Å². The number of hydrogen-bond donors (Lipinski definition) is 1. The molecule has 0 atom stereocenters. The van der Waals surface area contributed by atoms with E-state index in [0.717, 1.165) is 0 Å². The Morgan fingerprint density at radius 3 is 2.44 bits per heavy atom. The highest BCUT2D eigenvalue weighted by Crippen LogP contribution is 2.23. The van der Waals surface area contributed by atoms with Gasteiger partial charge >= 0.3 is 0 Å². The van der Waals surface area contributed by atoms with Crippen LogP contribution >= 0.6 is 0 Å². The summed E-state index contributed by atoms with van der Waals surface area (Å²) in [7, 11) is 0. The van der Waals surface area contributed by atoms with Crippen molar-refractivity contribution in [2.24, 2.45) is 5.73 Å². The van der Waals surface area contributed by atoms with E-state index < -0.39 is 11.6 Å². The Kier molecular flexibility index (Phi) is 4.74. The Morgan fingerprint density at radius 1 is 1.31 bits per heavy atom. The van der Waals surface area contributed by atoms with Crippen molar-refractivity contribution >= 4 is 0 Å². The van der Waals surface area contributed by atoms with E-state index in [4.69, 9.17) is 10.5 Å². The van der Waals surface area contributed by atoms with Crippen LogP contribution in [0.3, 0.4) is 0 Å². The Hall–Kier alpha value is -1.60. The smallest absolute Gasteiger partial charge is 0.190 e. The highest BCUT2D eigenvalue weighted by molar-refractivity contribution is 5.31. The van der Waals surface area contributed by atoms with E-state index in [1.807, 2.05) is 0 Å². The van der Waals surface area contributed by atoms with Crippen molar-refractivity contribution in [3.05, 3.63) is 29.3 Å². The number of halogens is 2. The maximum absolute atomic E-state index is 13.4. The van der Waals surface area contributed by atoms with Crippen LogP contribution in [0.5, 0.6) is 5.75 Å². The Labute approximate surface area is 93.4 Å². The summed E-state index contributed by atoms with van der Waals surface area (Å²) in [4.78, 5) is 0. The van der Waals surface area contributed by atoms with Gasteiger partial charge in [0.2, 0.25) is 0 Å². The first-order valence-electron chi connectivity index (χ1n) is 4.89. The summed E-state index contributed by atoms with van der Waals surface area (Å²) >= 11 is 0. The largest absolute Gasteiger partial charge is 0.487 e. The molecule has 1 aromatic rings. The molecule has 0 saturated carbocycles. The average molecular weight is 225 g/mol. The van der Waals surface area contributed by atoms with E-state index >= 15 is 0 Å². The van der Waals surface area contributed by atoms with Crippen LogP contribution in [-0.2, 0) is 6.54 Å². The van der Waals surface area contributed by atoms with Gasteiger partial charge in [0.05, 0.1) is 6.61 Å². The lowest BCUT2D eigenvalue weighted by Crippen LogP contribution is -2.04. The minimum absolute atomic E-state index is 0.0927. The molecule has 0 aromatic heterocycles. The third-order valence-electron chi connectivity index (χ3n) is 1.94. The summed E-state index contributed by atoms with van der Waals surface area (Å²) in [6.45, 7) is 1.95. The lowest BCUT2D eigenvalue weighted by Gasteiger charge is -2.08. The monoisotopic (exact) mass is 225 g/mol. The van der Waals surface area contributed by atoms with Gasteiger partial charge < -0.3 is 10.5 Å². The molecule has 0 amide bonds. The van der Waals surface area contributed by atoms with E-state index in [2.05, 4.69) is 11.8 Å². The van der Waals surface area contributed by atoms with Gasteiger partial charge in [0.15, 0.2) is 17.4 Å². The van der Waals surface area contributed by atoms with Crippen molar-refractivity contribution in [1.29, 1.82) is 0 Å². The molecule has 0 aliphatic carbocycles. The summed E-state index contributed by atoms with van der Waals surface area (Å²) in [5, 5.41) is 0. The Morgan fingerprint density at radius 2 is 1.94 bits per heavy atom. The van der Waals surface area contributed by atoms with Gasteiger partial charge in [-0.25, -0.2) is 8.78 Å². The van der Waals surface area contributed by atoms with Crippen LogP contribution in [-0.4, -0.2) is 6.61 Å². The third kappa shape index (κ3) is 3.21. The second-order valence-electron chi connectivity index (χ2n) is 3.12. The molecule has 4 heteroatoms. The van der Waals surface area contributed by atoms with Gasteiger partial charge in [0.25, 0.3) is 0 Å². The first-order valence-corrected chi connectivity index (χ1v) is 4.89.